The zero-order chi connectivity index (χ0) is 23.5. The molecule has 0 aliphatic carbocycles. The summed E-state index contributed by atoms with van der Waals surface area (Å²) in [6, 6.07) is 6.33. The summed E-state index contributed by atoms with van der Waals surface area (Å²) in [6.45, 7) is -0.264. The normalized spacial score (nSPS) is 38.9. The quantitative estimate of drug-likeness (QED) is 0.675. The van der Waals surface area contributed by atoms with Gasteiger partial charge in [0.05, 0.1) is 10.7 Å². The number of halogens is 2. The third kappa shape index (κ3) is 4.05. The third-order valence-electron chi connectivity index (χ3n) is 4.12. The van der Waals surface area contributed by atoms with Gasteiger partial charge in [-0.3, -0.25) is 13.8 Å². The lowest BCUT2D eigenvalue weighted by Gasteiger charge is -2.33. The Morgan fingerprint density at radius 2 is 2.34 bits per heavy atom. The maximum absolute atomic E-state index is 15.7. The lowest BCUT2D eigenvalue weighted by molar-refractivity contribution is -0.184. The van der Waals surface area contributed by atoms with Crippen LogP contribution in [0.5, 0.6) is 5.75 Å². The van der Waals surface area contributed by atoms with Crippen LogP contribution >= 0.6 is 19.4 Å². The summed E-state index contributed by atoms with van der Waals surface area (Å²) in [6.07, 6.45) is -4.91. The minimum Gasteiger partial charge on any atom is -0.404 e. The Morgan fingerprint density at radius 3 is 3.14 bits per heavy atom. The number of amides is 1. The van der Waals surface area contributed by atoms with Crippen molar-refractivity contribution in [2.75, 3.05) is 6.56 Å². The fourth-order valence-electron chi connectivity index (χ4n) is 2.76. The van der Waals surface area contributed by atoms with E-state index >= 15 is 4.39 Å². The Balaban J connectivity index is 1.59. The fourth-order valence-corrected chi connectivity index (χ4v) is 4.01. The smallest absolute Gasteiger partial charge is 0.404 e. The van der Waals surface area contributed by atoms with Gasteiger partial charge < -0.3 is 24.6 Å². The van der Waals surface area contributed by atoms with Gasteiger partial charge in [-0.05, 0) is 6.07 Å². The molecule has 0 bridgehead atoms. The molecule has 3 aliphatic rings. The van der Waals surface area contributed by atoms with Crippen LogP contribution in [0.3, 0.4) is 0 Å². The molecular weight excluding hydrogens is 430 g/mol. The van der Waals surface area contributed by atoms with Gasteiger partial charge in [-0.25, -0.2) is 8.96 Å². The first-order valence-electron chi connectivity index (χ1n) is 9.75. The molecule has 0 radical (unpaired) electrons. The number of fused-ring (bicyclic) bond motifs is 1. The molecule has 2 N–H and O–H groups in total. The van der Waals surface area contributed by atoms with Crippen molar-refractivity contribution in [3.05, 3.63) is 53.5 Å². The molecule has 0 spiro atoms. The highest BCUT2D eigenvalue weighted by atomic mass is 35.5. The number of carbonyl (C=O) groups is 1. The number of phosphoric ester groups is 1. The van der Waals surface area contributed by atoms with Crippen LogP contribution in [0.1, 0.15) is 16.1 Å². The maximum Gasteiger partial charge on any atom is 0.530 e. The first kappa shape index (κ1) is 16.8. The van der Waals surface area contributed by atoms with E-state index in [0.717, 1.165) is 11.1 Å². The number of benzene rings is 1. The van der Waals surface area contributed by atoms with Gasteiger partial charge in [0.15, 0.2) is 6.20 Å². The van der Waals surface area contributed by atoms with E-state index in [9.17, 15) is 14.5 Å². The third-order valence-corrected chi connectivity index (χ3v) is 5.57. The van der Waals surface area contributed by atoms with Crippen LogP contribution in [0.2, 0.25) is 0 Å². The van der Waals surface area contributed by atoms with E-state index in [0.29, 0.717) is 5.56 Å². The van der Waals surface area contributed by atoms with Crippen molar-refractivity contribution in [3.63, 3.8) is 0 Å². The number of hydrogen-bond donors (Lipinski definition) is 2. The number of para-hydroxylation sites is 1. The molecule has 9 nitrogen and oxygen atoms in total. The molecule has 4 rings (SSSR count). The van der Waals surface area contributed by atoms with Gasteiger partial charge in [0.2, 0.25) is 5.85 Å². The van der Waals surface area contributed by atoms with Gasteiger partial charge in [-0.15, -0.1) is 0 Å². The molecular formula is C17H17ClFN2O7P. The van der Waals surface area contributed by atoms with Crippen LogP contribution in [0.15, 0.2) is 47.9 Å². The second-order valence-electron chi connectivity index (χ2n) is 6.25. The topological polar surface area (TPSA) is 107 Å². The Kier molecular flexibility index (Phi) is 4.28. The van der Waals surface area contributed by atoms with Crippen LogP contribution in [-0.2, 0) is 29.8 Å². The van der Waals surface area contributed by atoms with Crippen LogP contribution in [0, 0.1) is 0 Å². The summed E-state index contributed by atoms with van der Waals surface area (Å²) in [4.78, 5) is 12.3. The molecule has 1 unspecified atom stereocenters. The fraction of sp³-hybridized carbons (Fsp3) is 0.353. The number of carbonyl (C=O) groups excluding carboxylic acids is 1. The predicted octanol–water partition coefficient (Wildman–Crippen LogP) is 2.48. The van der Waals surface area contributed by atoms with E-state index in [1.54, 1.807) is 18.2 Å². The number of ether oxygens (including phenoxy) is 1. The van der Waals surface area contributed by atoms with Gasteiger partial charge >= 0.3 is 7.82 Å². The van der Waals surface area contributed by atoms with Crippen LogP contribution < -0.4 is 9.84 Å². The summed E-state index contributed by atoms with van der Waals surface area (Å²) >= 11 is 5.75. The van der Waals surface area contributed by atoms with Gasteiger partial charge in [0, 0.05) is 18.2 Å². The van der Waals surface area contributed by atoms with E-state index in [4.69, 9.17) is 34.0 Å². The number of hydrogen-bond acceptors (Lipinski definition) is 8. The van der Waals surface area contributed by atoms with Crippen LogP contribution in [0.25, 0.3) is 0 Å². The van der Waals surface area contributed by atoms with Crippen molar-refractivity contribution in [2.45, 2.75) is 31.2 Å². The monoisotopic (exact) mass is 449 g/mol. The number of nitrogens with one attached hydrogen (secondary N) is 1. The molecule has 3 aliphatic heterocycles. The van der Waals surface area contributed by atoms with Crippen molar-refractivity contribution >= 4 is 25.3 Å². The van der Waals surface area contributed by atoms with Crippen LogP contribution in [0.4, 0.5) is 4.39 Å². The van der Waals surface area contributed by atoms with Gasteiger partial charge in [-0.2, -0.15) is 0 Å². The van der Waals surface area contributed by atoms with Crippen molar-refractivity contribution in [1.29, 1.82) is 0 Å². The van der Waals surface area contributed by atoms with E-state index < -0.39 is 49.9 Å². The van der Waals surface area contributed by atoms with E-state index in [-0.39, 0.29) is 18.2 Å². The van der Waals surface area contributed by atoms with Crippen molar-refractivity contribution < 1.29 is 41.3 Å². The Morgan fingerprint density at radius 1 is 1.59 bits per heavy atom. The highest BCUT2D eigenvalue weighted by Gasteiger charge is 2.51. The Labute approximate surface area is 174 Å². The second-order valence-corrected chi connectivity index (χ2v) is 8.17. The molecule has 3 heterocycles. The molecule has 12 heteroatoms. The molecule has 29 heavy (non-hydrogen) atoms. The summed E-state index contributed by atoms with van der Waals surface area (Å²) in [7, 11) is -4.65. The zero-order valence-corrected chi connectivity index (χ0v) is 16.3. The highest BCUT2D eigenvalue weighted by Crippen LogP contribution is 2.55. The predicted molar refractivity (Wildman–Crippen MR) is 97.8 cm³/mol. The van der Waals surface area contributed by atoms with Gasteiger partial charge in [0.25, 0.3) is 5.91 Å². The summed E-state index contributed by atoms with van der Waals surface area (Å²) in [5.41, 5.74) is 0.519. The molecule has 0 saturated carbocycles. The minimum atomic E-state index is -4.65. The largest absolute Gasteiger partial charge is 0.530 e. The molecule has 1 aromatic carbocycles. The number of alkyl halides is 1. The molecule has 156 valence electrons. The second kappa shape index (κ2) is 7.39. The molecule has 0 aromatic heterocycles. The number of aliphatic hydroxyl groups excluding tert-OH is 1. The van der Waals surface area contributed by atoms with Crippen LogP contribution in [-0.4, -0.2) is 40.6 Å². The maximum atomic E-state index is 15.7. The van der Waals surface area contributed by atoms with Crippen molar-refractivity contribution in [3.8, 4) is 5.75 Å². The molecule has 1 aromatic rings. The van der Waals surface area contributed by atoms with E-state index in [1.807, 2.05) is 0 Å². The lowest BCUT2D eigenvalue weighted by Crippen LogP contribution is -2.46. The number of phosphoric acid groups is 1. The SMILES string of the molecule is [2H]C([2H])(OP1(=O)OCc2ccccc2O1)[C@]1(F)C[C@@H](O)[C@]([2H])(N2C=C(Cl)C(=O)NC2=C)O1. The average molecular weight is 450 g/mol. The molecule has 1 amide bonds. The van der Waals surface area contributed by atoms with Gasteiger partial charge in [-0.1, -0.05) is 36.4 Å². The first-order chi connectivity index (χ1) is 14.8. The minimum absolute atomic E-state index is 0.105. The number of nitrogens with zero attached hydrogens (tertiary/aromatic N) is 1. The molecule has 4 atom stereocenters. The Bertz CT molecular complexity index is 1080. The molecule has 1 fully saturated rings. The van der Waals surface area contributed by atoms with Gasteiger partial charge in [0.1, 0.15) is 29.3 Å². The van der Waals surface area contributed by atoms with E-state index in [1.165, 1.54) is 6.07 Å². The number of rotatable bonds is 4. The average Bonchev–Trinajstić information content (AvgIpc) is 2.94. The van der Waals surface area contributed by atoms with Crippen molar-refractivity contribution in [1.82, 2.24) is 10.2 Å². The zero-order valence-electron chi connectivity index (χ0n) is 17.6. The summed E-state index contributed by atoms with van der Waals surface area (Å²) in [5, 5.41) is 12.2. The standard InChI is InChI=1S/C17H17ClFN2O7P/c1-10-20-15(23)12(18)7-21(10)16-13(22)6-17(19,27-16)9-26-29(24)25-8-11-4-2-3-5-14(11)28-29/h2-5,7,13,16,22H,1,6,8-9H2,(H,20,23)/t13-,16-,17+,29?/m1/s1/i9D2,16D. The highest BCUT2D eigenvalue weighted by molar-refractivity contribution is 7.49. The summed E-state index contributed by atoms with van der Waals surface area (Å²) < 4.78 is 73.0. The van der Waals surface area contributed by atoms with Crippen molar-refractivity contribution in [2.24, 2.45) is 0 Å². The van der Waals surface area contributed by atoms with E-state index in [2.05, 4.69) is 11.9 Å². The first-order valence-corrected chi connectivity index (χ1v) is 10.1. The lowest BCUT2D eigenvalue weighted by atomic mass is 10.1. The summed E-state index contributed by atoms with van der Waals surface area (Å²) in [5.74, 6) is -4.41. The Hall–Kier alpha value is -1.94. The molecule has 1 saturated heterocycles. The number of aliphatic hydroxyl groups is 1.